The summed E-state index contributed by atoms with van der Waals surface area (Å²) in [7, 11) is 6.44. The second-order valence-electron chi connectivity index (χ2n) is 7.76. The molecule has 0 aromatic carbocycles. The lowest BCUT2D eigenvalue weighted by atomic mass is 9.86. The van der Waals surface area contributed by atoms with Crippen molar-refractivity contribution in [2.24, 2.45) is 5.41 Å². The van der Waals surface area contributed by atoms with E-state index in [0.29, 0.717) is 0 Å². The normalized spacial score (nSPS) is 30.3. The van der Waals surface area contributed by atoms with Crippen LogP contribution in [0.2, 0.25) is 0 Å². The first-order valence-electron chi connectivity index (χ1n) is 8.52. The zero-order valence-electron chi connectivity index (χ0n) is 14.4. The van der Waals surface area contributed by atoms with E-state index >= 15 is 0 Å². The van der Waals surface area contributed by atoms with Crippen LogP contribution in [0.15, 0.2) is 0 Å². The highest BCUT2D eigenvalue weighted by Crippen LogP contribution is 2.32. The number of hydrogen-bond donors (Lipinski definition) is 1. The summed E-state index contributed by atoms with van der Waals surface area (Å²) in [5, 5.41) is 3.30. The molecule has 1 saturated heterocycles. The third-order valence-electron chi connectivity index (χ3n) is 5.77. The molecule has 1 aliphatic carbocycles. The number of nitrogens with zero attached hydrogens (tertiary/aromatic N) is 2. The van der Waals surface area contributed by atoms with Gasteiger partial charge in [-0.1, -0.05) is 25.7 Å². The van der Waals surface area contributed by atoms with Gasteiger partial charge in [-0.15, -0.1) is 0 Å². The zero-order chi connectivity index (χ0) is 15.5. The Hall–Kier alpha value is -0.610. The first-order chi connectivity index (χ1) is 9.88. The first kappa shape index (κ1) is 16.8. The minimum Gasteiger partial charge on any atom is -0.354 e. The quantitative estimate of drug-likeness (QED) is 0.807. The van der Waals surface area contributed by atoms with Crippen molar-refractivity contribution in [1.82, 2.24) is 15.1 Å². The fourth-order valence-electron chi connectivity index (χ4n) is 4.00. The molecule has 2 fully saturated rings. The summed E-state index contributed by atoms with van der Waals surface area (Å²) >= 11 is 0. The maximum Gasteiger partial charge on any atom is 0.227 e. The summed E-state index contributed by atoms with van der Waals surface area (Å²) in [4.78, 5) is 17.3. The number of nitrogens with one attached hydrogen (secondary N) is 1. The van der Waals surface area contributed by atoms with E-state index in [1.165, 1.54) is 38.5 Å². The molecule has 1 amide bonds. The molecule has 0 spiro atoms. The van der Waals surface area contributed by atoms with Gasteiger partial charge in [-0.3, -0.25) is 4.79 Å². The summed E-state index contributed by atoms with van der Waals surface area (Å²) in [5.74, 6) is 0.248. The predicted octanol–water partition coefficient (Wildman–Crippen LogP) is 2.10. The van der Waals surface area contributed by atoms with Crippen LogP contribution in [-0.2, 0) is 4.79 Å². The largest absolute Gasteiger partial charge is 0.354 e. The zero-order valence-corrected chi connectivity index (χ0v) is 14.4. The number of carbonyl (C=O) groups excluding carboxylic acids is 1. The molecule has 0 unspecified atom stereocenters. The van der Waals surface area contributed by atoms with Gasteiger partial charge in [-0.2, -0.15) is 0 Å². The minimum atomic E-state index is -0.201. The summed E-state index contributed by atoms with van der Waals surface area (Å²) in [6.45, 7) is 4.83. The molecule has 1 saturated carbocycles. The molecule has 21 heavy (non-hydrogen) atoms. The summed E-state index contributed by atoms with van der Waals surface area (Å²) < 4.78 is 0. The lowest BCUT2D eigenvalue weighted by molar-refractivity contribution is -0.130. The smallest absolute Gasteiger partial charge is 0.227 e. The molecule has 1 aliphatic heterocycles. The summed E-state index contributed by atoms with van der Waals surface area (Å²) in [6.07, 6.45) is 8.64. The van der Waals surface area contributed by atoms with E-state index in [1.807, 2.05) is 0 Å². The molecule has 1 N–H and O–H groups in total. The van der Waals surface area contributed by atoms with Crippen molar-refractivity contribution in [3.8, 4) is 0 Å². The molecule has 0 aromatic rings. The van der Waals surface area contributed by atoms with E-state index in [4.69, 9.17) is 0 Å². The van der Waals surface area contributed by atoms with E-state index in [9.17, 15) is 4.79 Å². The SMILES string of the molecule is CN1CC[C@](C)(C(=O)NCC2(N(C)C)CCCCCC2)C1. The van der Waals surface area contributed by atoms with Crippen molar-refractivity contribution in [2.45, 2.75) is 57.4 Å². The van der Waals surface area contributed by atoms with Crippen molar-refractivity contribution in [1.29, 1.82) is 0 Å². The van der Waals surface area contributed by atoms with Crippen LogP contribution in [0.3, 0.4) is 0 Å². The molecule has 2 rings (SSSR count). The van der Waals surface area contributed by atoms with Gasteiger partial charge < -0.3 is 15.1 Å². The summed E-state index contributed by atoms with van der Waals surface area (Å²) in [5.41, 5.74) is -0.0417. The number of amides is 1. The highest BCUT2D eigenvalue weighted by atomic mass is 16.2. The van der Waals surface area contributed by atoms with Gasteiger partial charge in [-0.05, 0) is 53.9 Å². The van der Waals surface area contributed by atoms with Crippen LogP contribution in [0.5, 0.6) is 0 Å². The van der Waals surface area contributed by atoms with Crippen LogP contribution in [0.25, 0.3) is 0 Å². The first-order valence-corrected chi connectivity index (χ1v) is 8.52. The van der Waals surface area contributed by atoms with Gasteiger partial charge in [0.05, 0.1) is 5.41 Å². The predicted molar refractivity (Wildman–Crippen MR) is 87.4 cm³/mol. The van der Waals surface area contributed by atoms with E-state index in [-0.39, 0.29) is 16.9 Å². The van der Waals surface area contributed by atoms with Crippen LogP contribution in [0.1, 0.15) is 51.9 Å². The number of hydrogen-bond acceptors (Lipinski definition) is 3. The van der Waals surface area contributed by atoms with Crippen LogP contribution in [0.4, 0.5) is 0 Å². The molecular weight excluding hydrogens is 262 g/mol. The van der Waals surface area contributed by atoms with E-state index in [1.54, 1.807) is 0 Å². The van der Waals surface area contributed by atoms with Gasteiger partial charge in [0.2, 0.25) is 5.91 Å². The Morgan fingerprint density at radius 2 is 1.76 bits per heavy atom. The van der Waals surface area contributed by atoms with Crippen LogP contribution < -0.4 is 5.32 Å². The molecule has 0 aromatic heterocycles. The highest BCUT2D eigenvalue weighted by Gasteiger charge is 2.40. The average molecular weight is 295 g/mol. The average Bonchev–Trinajstić information content (AvgIpc) is 2.66. The number of likely N-dealkylation sites (N-methyl/N-ethyl adjacent to an activating group) is 1. The van der Waals surface area contributed by atoms with E-state index in [2.05, 4.69) is 43.2 Å². The second kappa shape index (κ2) is 6.66. The fraction of sp³-hybridized carbons (Fsp3) is 0.941. The highest BCUT2D eigenvalue weighted by molar-refractivity contribution is 5.82. The lowest BCUT2D eigenvalue weighted by Crippen LogP contribution is -2.54. The topological polar surface area (TPSA) is 35.6 Å². The standard InChI is InChI=1S/C17H33N3O/c1-16(11-12-20(4)14-16)15(21)18-13-17(19(2)3)9-7-5-6-8-10-17/h5-14H2,1-4H3,(H,18,21)/t16-/m0/s1. The van der Waals surface area contributed by atoms with Gasteiger partial charge in [-0.25, -0.2) is 0 Å². The number of rotatable bonds is 4. The second-order valence-corrected chi connectivity index (χ2v) is 7.76. The Morgan fingerprint density at radius 1 is 1.14 bits per heavy atom. The molecular formula is C17H33N3O. The molecule has 0 radical (unpaired) electrons. The maximum atomic E-state index is 12.6. The number of likely N-dealkylation sites (tertiary alicyclic amines) is 1. The van der Waals surface area contributed by atoms with E-state index in [0.717, 1.165) is 26.1 Å². The Morgan fingerprint density at radius 3 is 2.24 bits per heavy atom. The molecule has 4 nitrogen and oxygen atoms in total. The molecule has 1 atom stereocenters. The molecule has 122 valence electrons. The Balaban J connectivity index is 1.97. The monoisotopic (exact) mass is 295 g/mol. The Kier molecular flexibility index (Phi) is 5.31. The molecule has 2 aliphatic rings. The van der Waals surface area contributed by atoms with E-state index < -0.39 is 0 Å². The minimum absolute atomic E-state index is 0.160. The van der Waals surface area contributed by atoms with Crippen molar-refractivity contribution < 1.29 is 4.79 Å². The Bertz CT molecular complexity index is 361. The van der Waals surface area contributed by atoms with Gasteiger partial charge >= 0.3 is 0 Å². The molecule has 0 bridgehead atoms. The Labute approximate surface area is 130 Å². The van der Waals surface area contributed by atoms with Gasteiger partial charge in [0.15, 0.2) is 0 Å². The third-order valence-corrected chi connectivity index (χ3v) is 5.77. The maximum absolute atomic E-state index is 12.6. The van der Waals surface area contributed by atoms with Crippen LogP contribution >= 0.6 is 0 Å². The lowest BCUT2D eigenvalue weighted by Gasteiger charge is -2.40. The van der Waals surface area contributed by atoms with Crippen LogP contribution in [-0.4, -0.2) is 62.0 Å². The summed E-state index contributed by atoms with van der Waals surface area (Å²) in [6, 6.07) is 0. The van der Waals surface area contributed by atoms with Gasteiger partial charge in [0.25, 0.3) is 0 Å². The number of carbonyl (C=O) groups is 1. The fourth-order valence-corrected chi connectivity index (χ4v) is 4.00. The van der Waals surface area contributed by atoms with Crippen molar-refractivity contribution in [3.63, 3.8) is 0 Å². The molecule has 4 heteroatoms. The third kappa shape index (κ3) is 3.78. The van der Waals surface area contributed by atoms with Crippen molar-refractivity contribution >= 4 is 5.91 Å². The van der Waals surface area contributed by atoms with Gasteiger partial charge in [0.1, 0.15) is 0 Å². The van der Waals surface area contributed by atoms with Crippen molar-refractivity contribution in [3.05, 3.63) is 0 Å². The van der Waals surface area contributed by atoms with Crippen LogP contribution in [0, 0.1) is 5.41 Å². The van der Waals surface area contributed by atoms with Crippen molar-refractivity contribution in [2.75, 3.05) is 40.8 Å². The molecule has 1 heterocycles. The van der Waals surface area contributed by atoms with Gasteiger partial charge in [0, 0.05) is 18.6 Å².